The Hall–Kier alpha value is -1.76. The van der Waals surface area contributed by atoms with Crippen molar-refractivity contribution in [3.8, 4) is 0 Å². The lowest BCUT2D eigenvalue weighted by molar-refractivity contribution is -0.137. The van der Waals surface area contributed by atoms with E-state index >= 15 is 0 Å². The molecule has 4 nitrogen and oxygen atoms in total. The van der Waals surface area contributed by atoms with Gasteiger partial charge in [0, 0.05) is 12.0 Å². The van der Waals surface area contributed by atoms with Gasteiger partial charge in [-0.2, -0.15) is 13.2 Å². The Labute approximate surface area is 133 Å². The number of hydrogen-bond acceptors (Lipinski definition) is 2. The number of hydrogen-bond donors (Lipinski definition) is 3. The number of aliphatic hydroxyl groups excluding tert-OH is 1. The Kier molecular flexibility index (Phi) is 5.69. The van der Waals surface area contributed by atoms with Crippen LogP contribution in [0, 0.1) is 5.41 Å². The Morgan fingerprint density at radius 3 is 1.96 bits per heavy atom. The van der Waals surface area contributed by atoms with Crippen molar-refractivity contribution in [1.29, 1.82) is 0 Å². The van der Waals surface area contributed by atoms with E-state index in [4.69, 9.17) is 5.11 Å². The number of benzene rings is 1. The number of amides is 1. The van der Waals surface area contributed by atoms with E-state index in [-0.39, 0.29) is 0 Å². The predicted octanol–water partition coefficient (Wildman–Crippen LogP) is 3.85. The highest BCUT2D eigenvalue weighted by atomic mass is 19.4. The number of rotatable bonds is 4. The van der Waals surface area contributed by atoms with Gasteiger partial charge in [-0.25, -0.2) is 4.79 Å². The van der Waals surface area contributed by atoms with E-state index in [0.29, 0.717) is 5.56 Å². The highest BCUT2D eigenvalue weighted by molar-refractivity contribution is 5.65. The zero-order valence-corrected chi connectivity index (χ0v) is 13.5. The van der Waals surface area contributed by atoms with Gasteiger partial charge in [-0.3, -0.25) is 0 Å². The van der Waals surface area contributed by atoms with Gasteiger partial charge in [0.15, 0.2) is 0 Å². The molecule has 130 valence electrons. The van der Waals surface area contributed by atoms with Crippen LogP contribution in [0.3, 0.4) is 0 Å². The largest absolute Gasteiger partial charge is 0.465 e. The second-order valence-electron chi connectivity index (χ2n) is 6.69. The predicted molar refractivity (Wildman–Crippen MR) is 80.3 cm³/mol. The first-order chi connectivity index (χ1) is 10.3. The van der Waals surface area contributed by atoms with E-state index in [1.807, 2.05) is 0 Å². The molecule has 0 aliphatic carbocycles. The van der Waals surface area contributed by atoms with Crippen molar-refractivity contribution in [2.75, 3.05) is 0 Å². The molecule has 23 heavy (non-hydrogen) atoms. The lowest BCUT2D eigenvalue weighted by Crippen LogP contribution is -2.45. The second kappa shape index (κ2) is 6.78. The van der Waals surface area contributed by atoms with Gasteiger partial charge in [0.2, 0.25) is 0 Å². The fourth-order valence-electron chi connectivity index (χ4n) is 2.46. The van der Waals surface area contributed by atoms with Gasteiger partial charge in [0.05, 0.1) is 11.7 Å². The van der Waals surface area contributed by atoms with Crippen LogP contribution < -0.4 is 5.32 Å². The maximum Gasteiger partial charge on any atom is 0.416 e. The van der Waals surface area contributed by atoms with Gasteiger partial charge in [0.1, 0.15) is 0 Å². The van der Waals surface area contributed by atoms with Gasteiger partial charge < -0.3 is 15.5 Å². The minimum absolute atomic E-state index is 0.446. The number of carbonyl (C=O) groups is 1. The van der Waals surface area contributed by atoms with E-state index in [9.17, 15) is 23.1 Å². The minimum atomic E-state index is -4.44. The molecule has 0 aliphatic heterocycles. The SMILES string of the molecule is C[C@H](NC(=O)O)[C@@H](c1ccc(C(F)(F)F)cc1)C(O)C(C)(C)C. The van der Waals surface area contributed by atoms with Crippen LogP contribution >= 0.6 is 0 Å². The number of aliphatic hydroxyl groups is 1. The quantitative estimate of drug-likeness (QED) is 0.784. The molecule has 0 spiro atoms. The third-order valence-electron chi connectivity index (χ3n) is 3.74. The van der Waals surface area contributed by atoms with E-state index in [1.54, 1.807) is 27.7 Å². The molecule has 3 atom stereocenters. The summed E-state index contributed by atoms with van der Waals surface area (Å²) in [6.45, 7) is 6.91. The average Bonchev–Trinajstić information content (AvgIpc) is 2.36. The maximum atomic E-state index is 12.7. The average molecular weight is 333 g/mol. The Balaban J connectivity index is 3.21. The first-order valence-corrected chi connectivity index (χ1v) is 7.18. The molecule has 0 fully saturated rings. The molecule has 1 aromatic rings. The summed E-state index contributed by atoms with van der Waals surface area (Å²) in [7, 11) is 0. The number of halogens is 3. The van der Waals surface area contributed by atoms with Crippen molar-refractivity contribution in [1.82, 2.24) is 5.32 Å². The Morgan fingerprint density at radius 1 is 1.13 bits per heavy atom. The van der Waals surface area contributed by atoms with E-state index in [1.165, 1.54) is 12.1 Å². The first-order valence-electron chi connectivity index (χ1n) is 7.18. The van der Waals surface area contributed by atoms with Gasteiger partial charge in [-0.15, -0.1) is 0 Å². The van der Waals surface area contributed by atoms with Gasteiger partial charge >= 0.3 is 12.3 Å². The summed E-state index contributed by atoms with van der Waals surface area (Å²) in [6.07, 6.45) is -6.64. The van der Waals surface area contributed by atoms with E-state index < -0.39 is 41.3 Å². The molecule has 0 aliphatic rings. The molecule has 0 heterocycles. The molecular weight excluding hydrogens is 311 g/mol. The van der Waals surface area contributed by atoms with Crippen molar-refractivity contribution in [3.63, 3.8) is 0 Å². The number of alkyl halides is 3. The molecule has 0 saturated heterocycles. The minimum Gasteiger partial charge on any atom is -0.465 e. The summed E-state index contributed by atoms with van der Waals surface area (Å²) in [5.74, 6) is -0.673. The molecule has 1 rings (SSSR count). The molecule has 0 aromatic heterocycles. The molecule has 0 bridgehead atoms. The summed E-state index contributed by atoms with van der Waals surface area (Å²) < 4.78 is 38.0. The summed E-state index contributed by atoms with van der Waals surface area (Å²) >= 11 is 0. The second-order valence-corrected chi connectivity index (χ2v) is 6.69. The van der Waals surface area contributed by atoms with Crippen molar-refractivity contribution >= 4 is 6.09 Å². The van der Waals surface area contributed by atoms with Crippen LogP contribution in [0.2, 0.25) is 0 Å². The standard InChI is InChI=1S/C16H22F3NO3/c1-9(20-14(22)23)12(13(21)15(2,3)4)10-5-7-11(8-6-10)16(17,18)19/h5-9,12-13,20-21H,1-4H3,(H,22,23)/t9-,12-,13?/m0/s1. The molecule has 0 radical (unpaired) electrons. The molecule has 0 saturated carbocycles. The van der Waals surface area contributed by atoms with E-state index in [0.717, 1.165) is 12.1 Å². The van der Waals surface area contributed by atoms with Gasteiger partial charge in [-0.1, -0.05) is 32.9 Å². The third kappa shape index (κ3) is 5.13. The van der Waals surface area contributed by atoms with Gasteiger partial charge in [-0.05, 0) is 30.0 Å². The lowest BCUT2D eigenvalue weighted by atomic mass is 9.75. The topological polar surface area (TPSA) is 69.6 Å². The zero-order valence-electron chi connectivity index (χ0n) is 13.5. The molecular formula is C16H22F3NO3. The summed E-state index contributed by atoms with van der Waals surface area (Å²) in [6, 6.07) is 3.76. The highest BCUT2D eigenvalue weighted by Gasteiger charge is 2.36. The van der Waals surface area contributed by atoms with Gasteiger partial charge in [0.25, 0.3) is 0 Å². The number of nitrogens with one attached hydrogen (secondary N) is 1. The van der Waals surface area contributed by atoms with Crippen LogP contribution in [-0.4, -0.2) is 28.5 Å². The molecule has 1 aromatic carbocycles. The normalized spacial score (nSPS) is 16.5. The maximum absolute atomic E-state index is 12.7. The number of carboxylic acid groups (broad SMARTS) is 1. The summed E-state index contributed by atoms with van der Waals surface area (Å²) in [5.41, 5.74) is -0.910. The molecule has 1 unspecified atom stereocenters. The van der Waals surface area contributed by atoms with Crippen LogP contribution in [0.25, 0.3) is 0 Å². The fraction of sp³-hybridized carbons (Fsp3) is 0.562. The van der Waals surface area contributed by atoms with Crippen molar-refractivity contribution < 1.29 is 28.2 Å². The van der Waals surface area contributed by atoms with Crippen LogP contribution in [-0.2, 0) is 6.18 Å². The van der Waals surface area contributed by atoms with Crippen LogP contribution in [0.1, 0.15) is 44.7 Å². The molecule has 7 heteroatoms. The van der Waals surface area contributed by atoms with Crippen molar-refractivity contribution in [3.05, 3.63) is 35.4 Å². The zero-order chi connectivity index (χ0) is 18.0. The summed E-state index contributed by atoms with van der Waals surface area (Å²) in [5, 5.41) is 21.7. The van der Waals surface area contributed by atoms with E-state index in [2.05, 4.69) is 5.32 Å². The van der Waals surface area contributed by atoms with Crippen LogP contribution in [0.15, 0.2) is 24.3 Å². The Bertz CT molecular complexity index is 535. The van der Waals surface area contributed by atoms with Crippen molar-refractivity contribution in [2.45, 2.75) is 51.9 Å². The fourth-order valence-corrected chi connectivity index (χ4v) is 2.46. The van der Waals surface area contributed by atoms with Crippen LogP contribution in [0.5, 0.6) is 0 Å². The van der Waals surface area contributed by atoms with Crippen LogP contribution in [0.4, 0.5) is 18.0 Å². The smallest absolute Gasteiger partial charge is 0.416 e. The first kappa shape index (κ1) is 19.3. The lowest BCUT2D eigenvalue weighted by Gasteiger charge is -2.36. The molecule has 1 amide bonds. The van der Waals surface area contributed by atoms with Crippen molar-refractivity contribution in [2.24, 2.45) is 5.41 Å². The monoisotopic (exact) mass is 333 g/mol. The third-order valence-corrected chi connectivity index (χ3v) is 3.74. The highest BCUT2D eigenvalue weighted by Crippen LogP contribution is 2.36. The summed E-state index contributed by atoms with van der Waals surface area (Å²) in [4.78, 5) is 10.9. The Morgan fingerprint density at radius 2 is 1.61 bits per heavy atom. The molecule has 3 N–H and O–H groups in total.